The Morgan fingerprint density at radius 2 is 2.04 bits per heavy atom. The lowest BCUT2D eigenvalue weighted by atomic mass is 10.1. The van der Waals surface area contributed by atoms with Gasteiger partial charge in [0.2, 0.25) is 0 Å². The minimum atomic E-state index is -0.862. The maximum Gasteiger partial charge on any atom is 0.319 e. The normalized spacial score (nSPS) is 11.7. The Kier molecular flexibility index (Phi) is 5.84. The zero-order valence-electron chi connectivity index (χ0n) is 13.0. The molecule has 1 unspecified atom stereocenters. The number of aryl methyl sites for hydroxylation is 1. The first-order valence-electron chi connectivity index (χ1n) is 7.13. The van der Waals surface area contributed by atoms with E-state index in [1.165, 1.54) is 7.11 Å². The number of ether oxygens (including phenoxy) is 1. The quantitative estimate of drug-likeness (QED) is 0.783. The number of nitrogens with one attached hydrogen (secondary N) is 2. The van der Waals surface area contributed by atoms with E-state index in [1.54, 1.807) is 30.3 Å². The number of benzene rings is 2. The minimum absolute atomic E-state index is 0.0613. The van der Waals surface area contributed by atoms with Gasteiger partial charge in [0.05, 0.1) is 13.2 Å². The molecular weight excluding hydrogens is 316 g/mol. The summed E-state index contributed by atoms with van der Waals surface area (Å²) in [5.74, 6) is 0.576. The molecule has 0 bridgehead atoms. The summed E-state index contributed by atoms with van der Waals surface area (Å²) in [5.41, 5.74) is 2.14. The second-order valence-corrected chi connectivity index (χ2v) is 5.46. The van der Waals surface area contributed by atoms with E-state index in [-0.39, 0.29) is 6.54 Å². The first kappa shape index (κ1) is 17.1. The molecule has 0 saturated heterocycles. The summed E-state index contributed by atoms with van der Waals surface area (Å²) in [4.78, 5) is 11.9. The number of anilines is 1. The number of aliphatic hydroxyl groups is 1. The Balaban J connectivity index is 1.92. The lowest BCUT2D eigenvalue weighted by Crippen LogP contribution is -2.32. The molecule has 0 aliphatic rings. The summed E-state index contributed by atoms with van der Waals surface area (Å²) in [6, 6.07) is 12.0. The Morgan fingerprint density at radius 1 is 1.30 bits per heavy atom. The number of carbonyl (C=O) groups excluding carboxylic acids is 1. The molecule has 6 heteroatoms. The van der Waals surface area contributed by atoms with Crippen LogP contribution in [0.3, 0.4) is 0 Å². The van der Waals surface area contributed by atoms with Crippen molar-refractivity contribution in [2.45, 2.75) is 13.0 Å². The van der Waals surface area contributed by atoms with Crippen LogP contribution in [-0.4, -0.2) is 24.8 Å². The second-order valence-electron chi connectivity index (χ2n) is 5.06. The molecule has 1 atom stereocenters. The monoisotopic (exact) mass is 334 g/mol. The van der Waals surface area contributed by atoms with Gasteiger partial charge in [-0.1, -0.05) is 35.9 Å². The van der Waals surface area contributed by atoms with Crippen LogP contribution in [0.5, 0.6) is 5.75 Å². The van der Waals surface area contributed by atoms with Crippen molar-refractivity contribution in [2.75, 3.05) is 19.0 Å². The van der Waals surface area contributed by atoms with Gasteiger partial charge in [0.15, 0.2) is 0 Å². The molecule has 2 aromatic rings. The van der Waals surface area contributed by atoms with Crippen molar-refractivity contribution in [3.63, 3.8) is 0 Å². The Hall–Kier alpha value is -2.24. The molecule has 0 fully saturated rings. The zero-order chi connectivity index (χ0) is 16.8. The van der Waals surface area contributed by atoms with Gasteiger partial charge >= 0.3 is 6.03 Å². The summed E-state index contributed by atoms with van der Waals surface area (Å²) in [6.07, 6.45) is -0.862. The lowest BCUT2D eigenvalue weighted by Gasteiger charge is -2.15. The molecule has 23 heavy (non-hydrogen) atoms. The predicted molar refractivity (Wildman–Crippen MR) is 91.2 cm³/mol. The third kappa shape index (κ3) is 4.61. The summed E-state index contributed by atoms with van der Waals surface area (Å²) in [6.45, 7) is 1.95. The highest BCUT2D eigenvalue weighted by Crippen LogP contribution is 2.24. The van der Waals surface area contributed by atoms with Crippen molar-refractivity contribution in [3.8, 4) is 5.75 Å². The van der Waals surface area contributed by atoms with Gasteiger partial charge in [-0.2, -0.15) is 0 Å². The first-order valence-corrected chi connectivity index (χ1v) is 7.51. The molecule has 0 aliphatic heterocycles. The summed E-state index contributed by atoms with van der Waals surface area (Å²) >= 11 is 6.01. The van der Waals surface area contributed by atoms with E-state index < -0.39 is 12.1 Å². The molecule has 2 aromatic carbocycles. The van der Waals surface area contributed by atoms with Crippen molar-refractivity contribution >= 4 is 23.3 Å². The Bertz CT molecular complexity index is 691. The van der Waals surface area contributed by atoms with Crippen molar-refractivity contribution in [1.82, 2.24) is 5.32 Å². The molecule has 2 amide bonds. The number of para-hydroxylation sites is 1. The third-order valence-electron chi connectivity index (χ3n) is 3.38. The smallest absolute Gasteiger partial charge is 0.319 e. The largest absolute Gasteiger partial charge is 0.496 e. The summed E-state index contributed by atoms with van der Waals surface area (Å²) in [7, 11) is 1.53. The van der Waals surface area contributed by atoms with Crippen molar-refractivity contribution in [3.05, 3.63) is 58.6 Å². The van der Waals surface area contributed by atoms with Crippen molar-refractivity contribution < 1.29 is 14.6 Å². The average Bonchev–Trinajstić information content (AvgIpc) is 2.56. The van der Waals surface area contributed by atoms with Crippen LogP contribution in [0.2, 0.25) is 5.02 Å². The van der Waals surface area contributed by atoms with Crippen LogP contribution in [0.15, 0.2) is 42.5 Å². The number of carbonyl (C=O) groups is 1. The fourth-order valence-electron chi connectivity index (χ4n) is 2.09. The molecule has 0 saturated carbocycles. The van der Waals surface area contributed by atoms with Gasteiger partial charge in [-0.3, -0.25) is 0 Å². The van der Waals surface area contributed by atoms with Crippen LogP contribution in [0.25, 0.3) is 0 Å². The first-order chi connectivity index (χ1) is 11.0. The molecule has 2 rings (SSSR count). The topological polar surface area (TPSA) is 70.6 Å². The number of hydrogen-bond acceptors (Lipinski definition) is 3. The molecule has 0 aromatic heterocycles. The maximum absolute atomic E-state index is 11.9. The highest BCUT2D eigenvalue weighted by molar-refractivity contribution is 6.31. The van der Waals surface area contributed by atoms with E-state index >= 15 is 0 Å². The SMILES string of the molecule is COc1ccccc1C(O)CNC(=O)Nc1ccc(C)c(Cl)c1. The number of halogens is 1. The number of aliphatic hydroxyl groups excluding tert-OH is 1. The fourth-order valence-corrected chi connectivity index (χ4v) is 2.27. The van der Waals surface area contributed by atoms with Gasteiger partial charge in [0, 0.05) is 22.8 Å². The molecule has 122 valence electrons. The minimum Gasteiger partial charge on any atom is -0.496 e. The number of amides is 2. The zero-order valence-corrected chi connectivity index (χ0v) is 13.7. The van der Waals surface area contributed by atoms with Crippen molar-refractivity contribution in [1.29, 1.82) is 0 Å². The molecule has 5 nitrogen and oxygen atoms in total. The van der Waals surface area contributed by atoms with Crippen LogP contribution in [0.1, 0.15) is 17.2 Å². The Morgan fingerprint density at radius 3 is 2.74 bits per heavy atom. The van der Waals surface area contributed by atoms with E-state index in [2.05, 4.69) is 10.6 Å². The van der Waals surface area contributed by atoms with E-state index in [4.69, 9.17) is 16.3 Å². The number of rotatable bonds is 5. The van der Waals surface area contributed by atoms with Crippen LogP contribution in [0, 0.1) is 6.92 Å². The summed E-state index contributed by atoms with van der Waals surface area (Å²) < 4.78 is 5.19. The highest BCUT2D eigenvalue weighted by Gasteiger charge is 2.14. The molecule has 0 spiro atoms. The van der Waals surface area contributed by atoms with E-state index in [9.17, 15) is 9.90 Å². The standard InChI is InChI=1S/C17H19ClN2O3/c1-11-7-8-12(9-14(11)18)20-17(22)19-10-15(21)13-5-3-4-6-16(13)23-2/h3-9,15,21H,10H2,1-2H3,(H2,19,20,22). The number of hydrogen-bond donors (Lipinski definition) is 3. The number of methoxy groups -OCH3 is 1. The van der Waals surface area contributed by atoms with Crippen LogP contribution < -0.4 is 15.4 Å². The number of urea groups is 1. The van der Waals surface area contributed by atoms with E-state index in [1.807, 2.05) is 19.1 Å². The molecule has 0 heterocycles. The predicted octanol–water partition coefficient (Wildman–Crippen LogP) is 3.51. The second kappa shape index (κ2) is 7.85. The Labute approximate surface area is 140 Å². The van der Waals surface area contributed by atoms with Gasteiger partial charge in [-0.15, -0.1) is 0 Å². The fraction of sp³-hybridized carbons (Fsp3) is 0.235. The van der Waals surface area contributed by atoms with E-state index in [0.717, 1.165) is 5.56 Å². The van der Waals surface area contributed by atoms with Gasteiger partial charge in [-0.05, 0) is 30.7 Å². The maximum atomic E-state index is 11.9. The van der Waals surface area contributed by atoms with Gasteiger partial charge in [0.25, 0.3) is 0 Å². The summed E-state index contributed by atoms with van der Waals surface area (Å²) in [5, 5.41) is 16.0. The van der Waals surface area contributed by atoms with Crippen molar-refractivity contribution in [2.24, 2.45) is 0 Å². The van der Waals surface area contributed by atoms with E-state index in [0.29, 0.717) is 22.0 Å². The molecule has 3 N–H and O–H groups in total. The van der Waals surface area contributed by atoms with Crippen LogP contribution >= 0.6 is 11.6 Å². The average molecular weight is 335 g/mol. The molecule has 0 aliphatic carbocycles. The van der Waals surface area contributed by atoms with Gasteiger partial charge in [-0.25, -0.2) is 4.79 Å². The van der Waals surface area contributed by atoms with Crippen LogP contribution in [0.4, 0.5) is 10.5 Å². The van der Waals surface area contributed by atoms with Gasteiger partial charge in [0.1, 0.15) is 5.75 Å². The highest BCUT2D eigenvalue weighted by atomic mass is 35.5. The third-order valence-corrected chi connectivity index (χ3v) is 3.79. The van der Waals surface area contributed by atoms with Crippen LogP contribution in [-0.2, 0) is 0 Å². The lowest BCUT2D eigenvalue weighted by molar-refractivity contribution is 0.171. The molecular formula is C17H19ClN2O3. The molecule has 0 radical (unpaired) electrons. The van der Waals surface area contributed by atoms with Gasteiger partial charge < -0.3 is 20.5 Å².